The van der Waals surface area contributed by atoms with Crippen LogP contribution in [-0.2, 0) is 13.0 Å². The third-order valence-corrected chi connectivity index (χ3v) is 7.23. The summed E-state index contributed by atoms with van der Waals surface area (Å²) in [7, 11) is 0. The summed E-state index contributed by atoms with van der Waals surface area (Å²) in [5.74, 6) is 1.72. The highest BCUT2D eigenvalue weighted by molar-refractivity contribution is 9.10. The van der Waals surface area contributed by atoms with Gasteiger partial charge in [-0.25, -0.2) is 4.98 Å². The monoisotopic (exact) mass is 595 g/mol. The number of aromatic nitrogens is 6. The van der Waals surface area contributed by atoms with Crippen LogP contribution in [0.15, 0.2) is 51.4 Å². The van der Waals surface area contributed by atoms with Crippen molar-refractivity contribution in [2.75, 3.05) is 0 Å². The number of carbonyl (C=O) groups is 1. The largest absolute Gasteiger partial charge is 0.455 e. The Hall–Kier alpha value is -3.50. The number of furan rings is 1. The van der Waals surface area contributed by atoms with Crippen LogP contribution in [0.3, 0.4) is 0 Å². The Kier molecular flexibility index (Phi) is 7.62. The SMILES string of the molecule is CCCCc1nc(Cl)c(C(=O)NC(C)C)n1Cc1ccc2oc(-c3ccccc3-c3nn[nH]n3)c(Br)c2c1. The summed E-state index contributed by atoms with van der Waals surface area (Å²) >= 11 is 10.3. The number of carbonyl (C=O) groups excluding carboxylic acids is 1. The Balaban J connectivity index is 1.55. The number of aromatic amines is 1. The van der Waals surface area contributed by atoms with E-state index in [0.717, 1.165) is 57.2 Å². The lowest BCUT2D eigenvalue weighted by Crippen LogP contribution is -2.32. The summed E-state index contributed by atoms with van der Waals surface area (Å²) in [6, 6.07) is 13.7. The number of nitrogens with one attached hydrogen (secondary N) is 2. The zero-order chi connectivity index (χ0) is 26.8. The highest BCUT2D eigenvalue weighted by atomic mass is 79.9. The number of H-pyrrole nitrogens is 1. The van der Waals surface area contributed by atoms with E-state index < -0.39 is 0 Å². The molecule has 0 radical (unpaired) electrons. The van der Waals surface area contributed by atoms with Gasteiger partial charge in [0.25, 0.3) is 5.91 Å². The number of imidazole rings is 1. The molecule has 38 heavy (non-hydrogen) atoms. The van der Waals surface area contributed by atoms with Crippen LogP contribution in [0.1, 0.15) is 55.5 Å². The van der Waals surface area contributed by atoms with Crippen LogP contribution in [0, 0.1) is 0 Å². The number of benzene rings is 2. The first kappa shape index (κ1) is 26.1. The van der Waals surface area contributed by atoms with Gasteiger partial charge in [0.15, 0.2) is 5.15 Å². The lowest BCUT2D eigenvalue weighted by Gasteiger charge is -2.14. The Morgan fingerprint density at radius 2 is 2.00 bits per heavy atom. The molecular weight excluding hydrogens is 570 g/mol. The molecule has 0 unspecified atom stereocenters. The molecule has 5 rings (SSSR count). The fourth-order valence-corrected chi connectivity index (χ4v) is 5.32. The number of halogens is 2. The molecular formula is C27H27BrClN7O2. The van der Waals surface area contributed by atoms with Crippen molar-refractivity contribution < 1.29 is 9.21 Å². The van der Waals surface area contributed by atoms with Crippen molar-refractivity contribution in [3.05, 3.63) is 69.2 Å². The number of unbranched alkanes of at least 4 members (excludes halogenated alkanes) is 1. The second-order valence-electron chi connectivity index (χ2n) is 9.34. The van der Waals surface area contributed by atoms with E-state index in [4.69, 9.17) is 16.0 Å². The van der Waals surface area contributed by atoms with Crippen molar-refractivity contribution in [2.24, 2.45) is 0 Å². The highest BCUT2D eigenvalue weighted by Gasteiger charge is 2.24. The molecule has 5 aromatic rings. The predicted octanol–water partition coefficient (Wildman–Crippen LogP) is 6.42. The molecule has 0 spiro atoms. The Morgan fingerprint density at radius 3 is 2.71 bits per heavy atom. The molecule has 2 N–H and O–H groups in total. The van der Waals surface area contributed by atoms with Crippen LogP contribution in [-0.4, -0.2) is 42.1 Å². The van der Waals surface area contributed by atoms with E-state index in [9.17, 15) is 4.79 Å². The molecule has 0 atom stereocenters. The number of fused-ring (bicyclic) bond motifs is 1. The minimum Gasteiger partial charge on any atom is -0.455 e. The van der Waals surface area contributed by atoms with Gasteiger partial charge in [-0.1, -0.05) is 55.3 Å². The molecule has 11 heteroatoms. The van der Waals surface area contributed by atoms with Gasteiger partial charge in [0, 0.05) is 35.5 Å². The predicted molar refractivity (Wildman–Crippen MR) is 150 cm³/mol. The Bertz CT molecular complexity index is 1590. The van der Waals surface area contributed by atoms with Crippen molar-refractivity contribution >= 4 is 44.4 Å². The van der Waals surface area contributed by atoms with Crippen molar-refractivity contribution in [3.8, 4) is 22.7 Å². The van der Waals surface area contributed by atoms with Gasteiger partial charge in [0.1, 0.15) is 22.9 Å². The van der Waals surface area contributed by atoms with Gasteiger partial charge in [-0.05, 0) is 59.1 Å². The van der Waals surface area contributed by atoms with Crippen LogP contribution in [0.2, 0.25) is 5.15 Å². The first-order chi connectivity index (χ1) is 18.4. The lowest BCUT2D eigenvalue weighted by molar-refractivity contribution is 0.0934. The smallest absolute Gasteiger partial charge is 0.271 e. The zero-order valence-electron chi connectivity index (χ0n) is 21.3. The maximum atomic E-state index is 13.0. The van der Waals surface area contributed by atoms with Crippen LogP contribution in [0.25, 0.3) is 33.7 Å². The van der Waals surface area contributed by atoms with Gasteiger partial charge in [-0.15, -0.1) is 10.2 Å². The molecule has 0 saturated carbocycles. The van der Waals surface area contributed by atoms with Gasteiger partial charge < -0.3 is 14.3 Å². The molecule has 0 aliphatic carbocycles. The number of tetrazole rings is 1. The molecule has 9 nitrogen and oxygen atoms in total. The summed E-state index contributed by atoms with van der Waals surface area (Å²) in [4.78, 5) is 17.6. The summed E-state index contributed by atoms with van der Waals surface area (Å²) in [5, 5.41) is 18.5. The highest BCUT2D eigenvalue weighted by Crippen LogP contribution is 2.41. The summed E-state index contributed by atoms with van der Waals surface area (Å²) in [5.41, 5.74) is 3.74. The van der Waals surface area contributed by atoms with Gasteiger partial charge in [0.05, 0.1) is 4.47 Å². The van der Waals surface area contributed by atoms with Crippen molar-refractivity contribution in [2.45, 2.75) is 52.6 Å². The number of rotatable bonds is 9. The quantitative estimate of drug-likeness (QED) is 0.203. The molecule has 0 aliphatic heterocycles. The van der Waals surface area contributed by atoms with E-state index in [1.807, 2.05) is 54.8 Å². The fourth-order valence-electron chi connectivity index (χ4n) is 4.43. The number of hydrogen-bond donors (Lipinski definition) is 2. The van der Waals surface area contributed by atoms with Crippen LogP contribution in [0.4, 0.5) is 0 Å². The topological polar surface area (TPSA) is 115 Å². The van der Waals surface area contributed by atoms with Gasteiger partial charge >= 0.3 is 0 Å². The Morgan fingerprint density at radius 1 is 1.21 bits per heavy atom. The van der Waals surface area contributed by atoms with Crippen LogP contribution >= 0.6 is 27.5 Å². The van der Waals surface area contributed by atoms with Crippen molar-refractivity contribution in [3.63, 3.8) is 0 Å². The standard InChI is InChI=1S/C27H27BrClN7O2/c1-4-5-10-21-31-25(29)23(27(37)30-15(2)3)36(21)14-16-11-12-20-19(13-16)22(28)24(38-20)17-8-6-7-9-18(17)26-32-34-35-33-26/h6-9,11-13,15H,4-5,10,14H2,1-3H3,(H,30,37)(H,32,33,34,35). The molecule has 1 amide bonds. The average Bonchev–Trinajstić information content (AvgIpc) is 3.61. The van der Waals surface area contributed by atoms with E-state index in [1.165, 1.54) is 0 Å². The second-order valence-corrected chi connectivity index (χ2v) is 10.5. The normalized spacial score (nSPS) is 11.5. The number of aryl methyl sites for hydroxylation is 1. The molecule has 0 saturated heterocycles. The van der Waals surface area contributed by atoms with Gasteiger partial charge in [-0.3, -0.25) is 4.79 Å². The van der Waals surface area contributed by atoms with E-state index in [0.29, 0.717) is 23.8 Å². The second kappa shape index (κ2) is 11.1. The van der Waals surface area contributed by atoms with E-state index >= 15 is 0 Å². The van der Waals surface area contributed by atoms with Gasteiger partial charge in [0.2, 0.25) is 5.82 Å². The third kappa shape index (κ3) is 5.10. The molecule has 2 aromatic carbocycles. The summed E-state index contributed by atoms with van der Waals surface area (Å²) < 4.78 is 9.02. The molecule has 196 valence electrons. The number of amides is 1. The average molecular weight is 597 g/mol. The third-order valence-electron chi connectivity index (χ3n) is 6.18. The molecule has 0 bridgehead atoms. The number of hydrogen-bond acceptors (Lipinski definition) is 6. The number of nitrogens with zero attached hydrogens (tertiary/aromatic N) is 5. The summed E-state index contributed by atoms with van der Waals surface area (Å²) in [6.45, 7) is 6.41. The lowest BCUT2D eigenvalue weighted by atomic mass is 10.0. The minimum atomic E-state index is -0.230. The molecule has 3 aromatic heterocycles. The maximum Gasteiger partial charge on any atom is 0.271 e. The summed E-state index contributed by atoms with van der Waals surface area (Å²) in [6.07, 6.45) is 2.70. The first-order valence-corrected chi connectivity index (χ1v) is 13.6. The van der Waals surface area contributed by atoms with Crippen molar-refractivity contribution in [1.82, 2.24) is 35.5 Å². The van der Waals surface area contributed by atoms with Crippen LogP contribution < -0.4 is 5.32 Å². The molecule has 0 aliphatic rings. The van der Waals surface area contributed by atoms with Gasteiger partial charge in [-0.2, -0.15) is 5.21 Å². The first-order valence-electron chi connectivity index (χ1n) is 12.5. The van der Waals surface area contributed by atoms with E-state index in [1.54, 1.807) is 0 Å². The van der Waals surface area contributed by atoms with E-state index in [2.05, 4.69) is 59.8 Å². The van der Waals surface area contributed by atoms with E-state index in [-0.39, 0.29) is 17.1 Å². The van der Waals surface area contributed by atoms with Crippen molar-refractivity contribution in [1.29, 1.82) is 0 Å². The molecule has 0 fully saturated rings. The Labute approximate surface area is 233 Å². The maximum absolute atomic E-state index is 13.0. The minimum absolute atomic E-state index is 0.0204. The fraction of sp³-hybridized carbons (Fsp3) is 0.296. The molecule has 3 heterocycles. The zero-order valence-corrected chi connectivity index (χ0v) is 23.6. The van der Waals surface area contributed by atoms with Crippen LogP contribution in [0.5, 0.6) is 0 Å².